The lowest BCUT2D eigenvalue weighted by Gasteiger charge is -2.32. The number of thiol groups is 1. The Balaban J connectivity index is 2.38. The number of nitriles is 1. The highest BCUT2D eigenvalue weighted by molar-refractivity contribution is 7.80. The highest BCUT2D eigenvalue weighted by Gasteiger charge is 2.37. The van der Waals surface area contributed by atoms with Crippen LogP contribution in [0.15, 0.2) is 54.6 Å². The maximum Gasteiger partial charge on any atom is 0.408 e. The van der Waals surface area contributed by atoms with Gasteiger partial charge in [-0.05, 0) is 32.4 Å². The molecule has 3 N–H and O–H groups in total. The van der Waals surface area contributed by atoms with Crippen LogP contribution in [0.25, 0.3) is 0 Å². The van der Waals surface area contributed by atoms with E-state index in [9.17, 15) is 24.8 Å². The molecule has 186 valence electrons. The number of hydrogen-bond donors (Lipinski definition) is 4. The molecule has 2 aromatic rings. The van der Waals surface area contributed by atoms with Gasteiger partial charge in [0.2, 0.25) is 11.8 Å². The van der Waals surface area contributed by atoms with Crippen molar-refractivity contribution < 1.29 is 24.2 Å². The molecule has 10 heteroatoms. The van der Waals surface area contributed by atoms with Crippen LogP contribution in [0, 0.1) is 11.3 Å². The summed E-state index contributed by atoms with van der Waals surface area (Å²) in [5.74, 6) is -1.66. The van der Waals surface area contributed by atoms with Gasteiger partial charge in [0.1, 0.15) is 30.0 Å². The van der Waals surface area contributed by atoms with E-state index in [0.29, 0.717) is 0 Å². The number of carbonyl (C=O) groups excluding carboxylic acids is 3. The summed E-state index contributed by atoms with van der Waals surface area (Å²) >= 11 is 4.17. The molecule has 9 nitrogen and oxygen atoms in total. The number of aromatic hydroxyl groups is 1. The summed E-state index contributed by atoms with van der Waals surface area (Å²) in [7, 11) is 0. The molecule has 2 unspecified atom stereocenters. The quantitative estimate of drug-likeness (QED) is 0.311. The van der Waals surface area contributed by atoms with Gasteiger partial charge in [-0.25, -0.2) is 4.79 Å². The van der Waals surface area contributed by atoms with Crippen LogP contribution in [0.4, 0.5) is 4.79 Å². The number of alkyl carbamates (subject to hydrolysis) is 1. The Morgan fingerprint density at radius 1 is 1.11 bits per heavy atom. The predicted molar refractivity (Wildman–Crippen MR) is 133 cm³/mol. The van der Waals surface area contributed by atoms with Crippen molar-refractivity contribution >= 4 is 30.5 Å². The third-order valence-electron chi connectivity index (χ3n) is 4.80. The van der Waals surface area contributed by atoms with Crippen LogP contribution < -0.4 is 10.6 Å². The molecule has 0 bridgehead atoms. The van der Waals surface area contributed by atoms with Crippen LogP contribution >= 0.6 is 12.6 Å². The third kappa shape index (κ3) is 8.22. The highest BCUT2D eigenvalue weighted by Crippen LogP contribution is 2.29. The van der Waals surface area contributed by atoms with E-state index in [1.807, 2.05) is 36.4 Å². The van der Waals surface area contributed by atoms with Crippen LogP contribution in [0.2, 0.25) is 0 Å². The van der Waals surface area contributed by atoms with Gasteiger partial charge in [0, 0.05) is 17.9 Å². The van der Waals surface area contributed by atoms with Crippen LogP contribution in [0.3, 0.4) is 0 Å². The summed E-state index contributed by atoms with van der Waals surface area (Å²) in [5.41, 5.74) is 0.169. The van der Waals surface area contributed by atoms with Gasteiger partial charge in [0.05, 0.1) is 6.07 Å². The molecule has 0 aliphatic rings. The molecule has 0 saturated heterocycles. The Labute approximate surface area is 210 Å². The molecule has 0 aromatic heterocycles. The van der Waals surface area contributed by atoms with E-state index in [4.69, 9.17) is 4.74 Å². The number of benzene rings is 2. The lowest BCUT2D eigenvalue weighted by atomic mass is 10.0. The minimum atomic E-state index is -1.34. The number of nitrogens with zero attached hydrogens (tertiary/aromatic N) is 2. The number of nitrogens with one attached hydrogen (secondary N) is 2. The van der Waals surface area contributed by atoms with Gasteiger partial charge in [-0.3, -0.25) is 9.59 Å². The van der Waals surface area contributed by atoms with Gasteiger partial charge in [0.25, 0.3) is 0 Å². The number of amides is 3. The first-order valence-electron chi connectivity index (χ1n) is 10.9. The summed E-state index contributed by atoms with van der Waals surface area (Å²) in [5, 5.41) is 25.1. The largest absolute Gasteiger partial charge is 0.508 e. The van der Waals surface area contributed by atoms with E-state index in [1.165, 1.54) is 12.1 Å². The number of hydrogen-bond acceptors (Lipinski definition) is 7. The molecule has 35 heavy (non-hydrogen) atoms. The highest BCUT2D eigenvalue weighted by atomic mass is 32.1. The maximum atomic E-state index is 13.5. The molecular weight excluding hydrogens is 468 g/mol. The van der Waals surface area contributed by atoms with E-state index in [2.05, 4.69) is 23.3 Å². The van der Waals surface area contributed by atoms with Gasteiger partial charge in [-0.2, -0.15) is 17.9 Å². The SMILES string of the molecule is CC(C)(C)OC(=O)NC(CS)C(=O)N(CC#N)C(C(=O)NCc1ccccc1)c1ccccc1O. The van der Waals surface area contributed by atoms with Crippen molar-refractivity contribution in [3.63, 3.8) is 0 Å². The van der Waals surface area contributed by atoms with Crippen molar-refractivity contribution in [2.75, 3.05) is 12.3 Å². The summed E-state index contributed by atoms with van der Waals surface area (Å²) in [6, 6.07) is 14.6. The Morgan fingerprint density at radius 2 is 1.74 bits per heavy atom. The van der Waals surface area contributed by atoms with Crippen molar-refractivity contribution in [3.05, 3.63) is 65.7 Å². The van der Waals surface area contributed by atoms with E-state index in [0.717, 1.165) is 10.5 Å². The maximum absolute atomic E-state index is 13.5. The Morgan fingerprint density at radius 3 is 2.31 bits per heavy atom. The number of carbonyl (C=O) groups is 3. The van der Waals surface area contributed by atoms with Crippen molar-refractivity contribution in [1.82, 2.24) is 15.5 Å². The van der Waals surface area contributed by atoms with Gasteiger partial charge >= 0.3 is 6.09 Å². The van der Waals surface area contributed by atoms with E-state index in [1.54, 1.807) is 32.9 Å². The number of rotatable bonds is 9. The number of ether oxygens (including phenoxy) is 1. The standard InChI is InChI=1S/C25H30N4O5S/c1-25(2,3)34-24(33)28-19(16-35)23(32)29(14-13-26)21(18-11-7-8-12-20(18)30)22(31)27-15-17-9-5-4-6-10-17/h4-12,19,21,30,35H,14-16H2,1-3H3,(H,27,31)(H,28,33). The van der Waals surface area contributed by atoms with E-state index >= 15 is 0 Å². The number of para-hydroxylation sites is 1. The van der Waals surface area contributed by atoms with Gasteiger partial charge < -0.3 is 25.4 Å². The zero-order valence-corrected chi connectivity index (χ0v) is 20.8. The summed E-state index contributed by atoms with van der Waals surface area (Å²) in [6.07, 6.45) is -0.838. The van der Waals surface area contributed by atoms with Crippen LogP contribution in [0.1, 0.15) is 37.9 Å². The van der Waals surface area contributed by atoms with Crippen LogP contribution in [-0.4, -0.2) is 51.9 Å². The fourth-order valence-electron chi connectivity index (χ4n) is 3.26. The smallest absolute Gasteiger partial charge is 0.408 e. The Kier molecular flexibility index (Phi) is 9.97. The minimum Gasteiger partial charge on any atom is -0.508 e. The normalized spacial score (nSPS) is 12.5. The fourth-order valence-corrected chi connectivity index (χ4v) is 3.51. The van der Waals surface area contributed by atoms with Gasteiger partial charge in [0.15, 0.2) is 0 Å². The molecular formula is C25H30N4O5S. The number of phenols is 1. The second-order valence-electron chi connectivity index (χ2n) is 8.67. The Bertz CT molecular complexity index is 1070. The molecule has 0 aliphatic heterocycles. The zero-order chi connectivity index (χ0) is 26.0. The number of phenolic OH excluding ortho intramolecular Hbond substituents is 1. The van der Waals surface area contributed by atoms with Crippen molar-refractivity contribution in [2.45, 2.75) is 45.0 Å². The molecule has 0 fully saturated rings. The predicted octanol–water partition coefficient (Wildman–Crippen LogP) is 2.92. The van der Waals surface area contributed by atoms with Gasteiger partial charge in [-0.1, -0.05) is 48.5 Å². The molecule has 0 heterocycles. The minimum absolute atomic E-state index is 0.112. The Hall–Kier alpha value is -3.71. The van der Waals surface area contributed by atoms with E-state index in [-0.39, 0.29) is 23.6 Å². The van der Waals surface area contributed by atoms with Crippen molar-refractivity contribution in [2.24, 2.45) is 0 Å². The molecule has 0 spiro atoms. The first kappa shape index (κ1) is 27.5. The molecule has 0 radical (unpaired) electrons. The fraction of sp³-hybridized carbons (Fsp3) is 0.360. The van der Waals surface area contributed by atoms with Crippen molar-refractivity contribution in [3.8, 4) is 11.8 Å². The second kappa shape index (κ2) is 12.7. The van der Waals surface area contributed by atoms with Gasteiger partial charge in [-0.15, -0.1) is 0 Å². The first-order valence-corrected chi connectivity index (χ1v) is 11.6. The van der Waals surface area contributed by atoms with E-state index < -0.39 is 42.1 Å². The summed E-state index contributed by atoms with van der Waals surface area (Å²) in [4.78, 5) is 40.1. The van der Waals surface area contributed by atoms with Crippen LogP contribution in [-0.2, 0) is 20.9 Å². The first-order chi connectivity index (χ1) is 16.6. The van der Waals surface area contributed by atoms with Crippen molar-refractivity contribution in [1.29, 1.82) is 5.26 Å². The molecule has 0 saturated carbocycles. The topological polar surface area (TPSA) is 132 Å². The lowest BCUT2D eigenvalue weighted by molar-refractivity contribution is -0.141. The summed E-state index contributed by atoms with van der Waals surface area (Å²) < 4.78 is 5.22. The third-order valence-corrected chi connectivity index (χ3v) is 5.16. The lowest BCUT2D eigenvalue weighted by Crippen LogP contribution is -2.53. The summed E-state index contributed by atoms with van der Waals surface area (Å²) in [6.45, 7) is 4.73. The van der Waals surface area contributed by atoms with Crippen LogP contribution in [0.5, 0.6) is 5.75 Å². The molecule has 0 aliphatic carbocycles. The second-order valence-corrected chi connectivity index (χ2v) is 9.04. The molecule has 3 amide bonds. The molecule has 2 atom stereocenters. The molecule has 2 rings (SSSR count). The molecule has 2 aromatic carbocycles. The zero-order valence-electron chi connectivity index (χ0n) is 19.9. The average Bonchev–Trinajstić information content (AvgIpc) is 2.81. The monoisotopic (exact) mass is 498 g/mol. The average molecular weight is 499 g/mol.